The van der Waals surface area contributed by atoms with E-state index in [9.17, 15) is 14.7 Å². The van der Waals surface area contributed by atoms with Crippen molar-refractivity contribution >= 4 is 11.8 Å². The molecule has 0 atom stereocenters. The Morgan fingerprint density at radius 3 is 2.47 bits per heavy atom. The predicted molar refractivity (Wildman–Crippen MR) is 70.0 cm³/mol. The molecule has 0 spiro atoms. The third-order valence-corrected chi connectivity index (χ3v) is 2.65. The van der Waals surface area contributed by atoms with Crippen molar-refractivity contribution in [3.05, 3.63) is 23.8 Å². The van der Waals surface area contributed by atoms with Crippen molar-refractivity contribution in [3.8, 4) is 11.5 Å². The normalized spacial score (nSPS) is 10.3. The molecule has 3 N–H and O–H groups in total. The van der Waals surface area contributed by atoms with E-state index < -0.39 is 11.8 Å². The molecule has 1 aromatic rings. The minimum Gasteiger partial charge on any atom is -0.507 e. The largest absolute Gasteiger partial charge is 0.507 e. The highest BCUT2D eigenvalue weighted by molar-refractivity contribution is 5.98. The average molecular weight is 266 g/mol. The molecule has 19 heavy (non-hydrogen) atoms. The van der Waals surface area contributed by atoms with E-state index in [0.29, 0.717) is 5.75 Å². The first-order valence-electron chi connectivity index (χ1n) is 5.83. The number of amides is 2. The highest BCUT2D eigenvalue weighted by Gasteiger charge is 2.23. The molecule has 2 amide bonds. The Kier molecular flexibility index (Phi) is 4.74. The number of phenolic OH excluding ortho intramolecular Hbond substituents is 1. The van der Waals surface area contributed by atoms with Crippen LogP contribution in [0.3, 0.4) is 0 Å². The number of methoxy groups -OCH3 is 1. The molecule has 6 nitrogen and oxygen atoms in total. The van der Waals surface area contributed by atoms with Gasteiger partial charge in [0.25, 0.3) is 5.91 Å². The van der Waals surface area contributed by atoms with Gasteiger partial charge in [0.15, 0.2) is 0 Å². The molecular formula is C13H18N2O4. The summed E-state index contributed by atoms with van der Waals surface area (Å²) in [5.74, 6) is -0.802. The molecule has 0 heterocycles. The minimum atomic E-state index is -0.602. The predicted octanol–water partition coefficient (Wildman–Crippen LogP) is 0.737. The van der Waals surface area contributed by atoms with E-state index in [4.69, 9.17) is 10.5 Å². The van der Waals surface area contributed by atoms with E-state index in [0.717, 1.165) is 0 Å². The second-order valence-electron chi connectivity index (χ2n) is 4.38. The lowest BCUT2D eigenvalue weighted by molar-refractivity contribution is -0.119. The number of hydrogen-bond acceptors (Lipinski definition) is 4. The van der Waals surface area contributed by atoms with Gasteiger partial charge < -0.3 is 20.5 Å². The van der Waals surface area contributed by atoms with E-state index in [1.54, 1.807) is 19.9 Å². The van der Waals surface area contributed by atoms with Gasteiger partial charge in [-0.05, 0) is 26.0 Å². The van der Waals surface area contributed by atoms with Crippen LogP contribution < -0.4 is 10.5 Å². The van der Waals surface area contributed by atoms with Crippen molar-refractivity contribution in [2.75, 3.05) is 13.7 Å². The molecule has 0 radical (unpaired) electrons. The first-order valence-corrected chi connectivity index (χ1v) is 5.83. The molecule has 0 saturated carbocycles. The number of nitrogens with zero attached hydrogens (tertiary/aromatic N) is 1. The van der Waals surface area contributed by atoms with Crippen molar-refractivity contribution in [2.45, 2.75) is 19.9 Å². The number of phenols is 1. The molecule has 0 aromatic heterocycles. The van der Waals surface area contributed by atoms with Crippen molar-refractivity contribution in [1.29, 1.82) is 0 Å². The van der Waals surface area contributed by atoms with Gasteiger partial charge in [-0.1, -0.05) is 0 Å². The summed E-state index contributed by atoms with van der Waals surface area (Å²) in [5, 5.41) is 9.81. The van der Waals surface area contributed by atoms with Gasteiger partial charge in [-0.3, -0.25) is 9.59 Å². The third kappa shape index (κ3) is 3.61. The summed E-state index contributed by atoms with van der Waals surface area (Å²) < 4.78 is 4.94. The Labute approximate surface area is 111 Å². The van der Waals surface area contributed by atoms with E-state index in [1.165, 1.54) is 24.1 Å². The Morgan fingerprint density at radius 2 is 2.05 bits per heavy atom. The maximum atomic E-state index is 12.3. The molecule has 0 unspecified atom stereocenters. The second kappa shape index (κ2) is 6.08. The van der Waals surface area contributed by atoms with Crippen molar-refractivity contribution in [2.24, 2.45) is 5.73 Å². The minimum absolute atomic E-state index is 0.107. The quantitative estimate of drug-likeness (QED) is 0.822. The molecule has 1 aromatic carbocycles. The van der Waals surface area contributed by atoms with Crippen molar-refractivity contribution in [1.82, 2.24) is 4.90 Å². The standard InChI is InChI=1S/C13H18N2O4/c1-8(2)15(7-12(14)17)13(18)10-5-4-9(19-3)6-11(10)16/h4-6,8,16H,7H2,1-3H3,(H2,14,17). The zero-order valence-electron chi connectivity index (χ0n) is 11.2. The van der Waals surface area contributed by atoms with Crippen LogP contribution in [-0.4, -0.2) is 41.5 Å². The summed E-state index contributed by atoms with van der Waals surface area (Å²) >= 11 is 0. The molecular weight excluding hydrogens is 248 g/mol. The molecule has 104 valence electrons. The van der Waals surface area contributed by atoms with Gasteiger partial charge in [0.05, 0.1) is 19.2 Å². The van der Waals surface area contributed by atoms with Crippen LogP contribution in [0.5, 0.6) is 11.5 Å². The summed E-state index contributed by atoms with van der Waals surface area (Å²) in [6.45, 7) is 3.34. The van der Waals surface area contributed by atoms with Crippen LogP contribution in [0.15, 0.2) is 18.2 Å². The van der Waals surface area contributed by atoms with Crippen LogP contribution in [0.25, 0.3) is 0 Å². The number of benzene rings is 1. The zero-order chi connectivity index (χ0) is 14.6. The average Bonchev–Trinajstić information content (AvgIpc) is 2.34. The molecule has 0 fully saturated rings. The summed E-state index contributed by atoms with van der Waals surface area (Å²) in [4.78, 5) is 24.5. The number of carbonyl (C=O) groups is 2. The van der Waals surface area contributed by atoms with Crippen LogP contribution in [0, 0.1) is 0 Å². The Morgan fingerprint density at radius 1 is 1.42 bits per heavy atom. The number of aromatic hydroxyl groups is 1. The van der Waals surface area contributed by atoms with E-state index >= 15 is 0 Å². The number of hydrogen-bond donors (Lipinski definition) is 2. The van der Waals surface area contributed by atoms with Crippen LogP contribution in [0.4, 0.5) is 0 Å². The van der Waals surface area contributed by atoms with Crippen LogP contribution in [-0.2, 0) is 4.79 Å². The molecule has 1 rings (SSSR count). The molecule has 0 aliphatic heterocycles. The van der Waals surface area contributed by atoms with Gasteiger partial charge in [0, 0.05) is 12.1 Å². The van der Waals surface area contributed by atoms with Gasteiger partial charge in [-0.25, -0.2) is 0 Å². The summed E-state index contributed by atoms with van der Waals surface area (Å²) in [6, 6.07) is 4.15. The lowest BCUT2D eigenvalue weighted by atomic mass is 10.1. The number of primary amides is 1. The Bertz CT molecular complexity index is 486. The Balaban J connectivity index is 3.06. The number of rotatable bonds is 5. The van der Waals surface area contributed by atoms with Gasteiger partial charge in [-0.2, -0.15) is 0 Å². The van der Waals surface area contributed by atoms with Gasteiger partial charge in [-0.15, -0.1) is 0 Å². The van der Waals surface area contributed by atoms with Gasteiger partial charge in [0.2, 0.25) is 5.91 Å². The van der Waals surface area contributed by atoms with Gasteiger partial charge >= 0.3 is 0 Å². The van der Waals surface area contributed by atoms with E-state index in [-0.39, 0.29) is 23.9 Å². The summed E-state index contributed by atoms with van der Waals surface area (Å²) in [5.41, 5.74) is 5.22. The van der Waals surface area contributed by atoms with Crippen molar-refractivity contribution < 1.29 is 19.4 Å². The number of ether oxygens (including phenoxy) is 1. The van der Waals surface area contributed by atoms with E-state index in [2.05, 4.69) is 0 Å². The second-order valence-corrected chi connectivity index (χ2v) is 4.38. The van der Waals surface area contributed by atoms with Gasteiger partial charge in [0.1, 0.15) is 11.5 Å². The number of carbonyl (C=O) groups excluding carboxylic acids is 2. The molecule has 0 aliphatic carbocycles. The summed E-state index contributed by atoms with van der Waals surface area (Å²) in [6.07, 6.45) is 0. The summed E-state index contributed by atoms with van der Waals surface area (Å²) in [7, 11) is 1.46. The zero-order valence-corrected chi connectivity index (χ0v) is 11.2. The Hall–Kier alpha value is -2.24. The van der Waals surface area contributed by atoms with Crippen LogP contribution in [0.2, 0.25) is 0 Å². The number of nitrogens with two attached hydrogens (primary N) is 1. The lowest BCUT2D eigenvalue weighted by Gasteiger charge is -2.25. The fraction of sp³-hybridized carbons (Fsp3) is 0.385. The molecule has 6 heteroatoms. The first kappa shape index (κ1) is 14.8. The molecule has 0 aliphatic rings. The highest BCUT2D eigenvalue weighted by atomic mass is 16.5. The SMILES string of the molecule is COc1ccc(C(=O)N(CC(N)=O)C(C)C)c(O)c1. The highest BCUT2D eigenvalue weighted by Crippen LogP contribution is 2.25. The first-order chi connectivity index (χ1) is 8.86. The third-order valence-electron chi connectivity index (χ3n) is 2.65. The molecule has 0 bridgehead atoms. The fourth-order valence-electron chi connectivity index (χ4n) is 1.63. The lowest BCUT2D eigenvalue weighted by Crippen LogP contribution is -2.42. The smallest absolute Gasteiger partial charge is 0.258 e. The van der Waals surface area contributed by atoms with Crippen LogP contribution in [0.1, 0.15) is 24.2 Å². The monoisotopic (exact) mass is 266 g/mol. The van der Waals surface area contributed by atoms with Crippen LogP contribution >= 0.6 is 0 Å². The van der Waals surface area contributed by atoms with E-state index in [1.807, 2.05) is 0 Å². The molecule has 0 saturated heterocycles. The fourth-order valence-corrected chi connectivity index (χ4v) is 1.63. The maximum absolute atomic E-state index is 12.3. The maximum Gasteiger partial charge on any atom is 0.258 e. The van der Waals surface area contributed by atoms with Crippen molar-refractivity contribution in [3.63, 3.8) is 0 Å². The topological polar surface area (TPSA) is 92.9 Å².